The summed E-state index contributed by atoms with van der Waals surface area (Å²) in [6.07, 6.45) is 4.18. The molecule has 0 aliphatic heterocycles. The molecule has 1 atom stereocenters. The highest BCUT2D eigenvalue weighted by Gasteiger charge is 2.22. The van der Waals surface area contributed by atoms with Gasteiger partial charge in [0, 0.05) is 29.0 Å². The van der Waals surface area contributed by atoms with Crippen LogP contribution in [0.25, 0.3) is 27.7 Å². The molecule has 2 N–H and O–H groups in total. The van der Waals surface area contributed by atoms with E-state index in [0.717, 1.165) is 27.7 Å². The van der Waals surface area contributed by atoms with Gasteiger partial charge in [-0.1, -0.05) is 0 Å². The maximum atomic E-state index is 12.3. The van der Waals surface area contributed by atoms with Crippen LogP contribution < -0.4 is 5.32 Å². The van der Waals surface area contributed by atoms with Crippen molar-refractivity contribution in [2.45, 2.75) is 12.8 Å². The van der Waals surface area contributed by atoms with Gasteiger partial charge in [-0.05, 0) is 43.9 Å². The molecular weight excluding hydrogens is 374 g/mol. The lowest BCUT2D eigenvalue weighted by Crippen LogP contribution is -2.44. The van der Waals surface area contributed by atoms with Crippen LogP contribution in [0.4, 0.5) is 0 Å². The largest absolute Gasteiger partial charge is 0.439 e. The highest BCUT2D eigenvalue weighted by atomic mass is 16.5. The Kier molecular flexibility index (Phi) is 4.92. The van der Waals surface area contributed by atoms with Crippen LogP contribution in [-0.2, 0) is 20.9 Å². The molecule has 1 amide bonds. The fraction of sp³-hybridized carbons (Fsp3) is 0.211. The smallest absolute Gasteiger partial charge is 0.295 e. The van der Waals surface area contributed by atoms with Gasteiger partial charge in [0.25, 0.3) is 12.4 Å². The Balaban J connectivity index is 1.61. The number of carbonyl (C=O) groups excluding carboxylic acids is 2. The van der Waals surface area contributed by atoms with E-state index in [1.54, 1.807) is 37.3 Å². The SMILES string of the molecule is CN(C)C(OC=O)C(=O)NCc1cc2c(-c3cnn4ncccc34)ccnc2[nH]1. The summed E-state index contributed by atoms with van der Waals surface area (Å²) in [5.41, 5.74) is 4.25. The normalized spacial score (nSPS) is 12.4. The second kappa shape index (κ2) is 7.68. The number of aromatic nitrogens is 5. The molecule has 0 saturated heterocycles. The van der Waals surface area contributed by atoms with Crippen molar-refractivity contribution in [3.05, 3.63) is 48.5 Å². The number of likely N-dealkylation sites (N-methyl/N-ethyl adjacent to an activating group) is 1. The third kappa shape index (κ3) is 3.52. The van der Waals surface area contributed by atoms with E-state index < -0.39 is 12.1 Å². The van der Waals surface area contributed by atoms with Gasteiger partial charge < -0.3 is 15.0 Å². The van der Waals surface area contributed by atoms with Gasteiger partial charge in [-0.25, -0.2) is 4.98 Å². The number of H-pyrrole nitrogens is 1. The second-order valence-electron chi connectivity index (χ2n) is 6.64. The van der Waals surface area contributed by atoms with Gasteiger partial charge in [0.2, 0.25) is 6.23 Å². The number of nitrogens with one attached hydrogen (secondary N) is 2. The van der Waals surface area contributed by atoms with Crippen molar-refractivity contribution in [2.75, 3.05) is 14.1 Å². The Bertz CT molecular complexity index is 1180. The number of ether oxygens (including phenoxy) is 1. The van der Waals surface area contributed by atoms with E-state index in [1.807, 2.05) is 24.3 Å². The molecule has 148 valence electrons. The van der Waals surface area contributed by atoms with E-state index in [1.165, 1.54) is 4.90 Å². The second-order valence-corrected chi connectivity index (χ2v) is 6.64. The minimum absolute atomic E-state index is 0.234. The van der Waals surface area contributed by atoms with Crippen LogP contribution in [0.5, 0.6) is 0 Å². The topological polar surface area (TPSA) is 118 Å². The van der Waals surface area contributed by atoms with Crippen LogP contribution in [0.3, 0.4) is 0 Å². The van der Waals surface area contributed by atoms with Gasteiger partial charge in [-0.2, -0.15) is 14.8 Å². The molecule has 4 rings (SSSR count). The molecule has 0 spiro atoms. The number of aromatic amines is 1. The molecule has 4 aromatic heterocycles. The summed E-state index contributed by atoms with van der Waals surface area (Å²) in [4.78, 5) is 32.0. The fourth-order valence-corrected chi connectivity index (χ4v) is 3.19. The summed E-state index contributed by atoms with van der Waals surface area (Å²) in [7, 11) is 3.30. The lowest BCUT2D eigenvalue weighted by Gasteiger charge is -2.20. The summed E-state index contributed by atoms with van der Waals surface area (Å²) in [5, 5.41) is 12.2. The molecule has 4 heterocycles. The van der Waals surface area contributed by atoms with E-state index in [9.17, 15) is 9.59 Å². The van der Waals surface area contributed by atoms with Crippen molar-refractivity contribution in [3.63, 3.8) is 0 Å². The maximum absolute atomic E-state index is 12.3. The zero-order chi connectivity index (χ0) is 20.4. The molecule has 0 aliphatic rings. The molecule has 0 radical (unpaired) electrons. The predicted octanol–water partition coefficient (Wildman–Crippen LogP) is 0.949. The number of hydrogen-bond acceptors (Lipinski definition) is 7. The molecule has 10 heteroatoms. The highest BCUT2D eigenvalue weighted by Crippen LogP contribution is 2.30. The number of fused-ring (bicyclic) bond motifs is 2. The van der Waals surface area contributed by atoms with Crippen LogP contribution in [0, 0.1) is 0 Å². The predicted molar refractivity (Wildman–Crippen MR) is 105 cm³/mol. The molecule has 0 aromatic carbocycles. The van der Waals surface area contributed by atoms with Crippen molar-refractivity contribution in [3.8, 4) is 11.1 Å². The number of nitrogens with zero attached hydrogens (tertiary/aromatic N) is 5. The van der Waals surface area contributed by atoms with Gasteiger partial charge >= 0.3 is 0 Å². The summed E-state index contributed by atoms with van der Waals surface area (Å²) in [5.74, 6) is -0.414. The molecular formula is C19H19N7O3. The lowest BCUT2D eigenvalue weighted by molar-refractivity contribution is -0.154. The monoisotopic (exact) mass is 393 g/mol. The minimum Gasteiger partial charge on any atom is -0.439 e. The van der Waals surface area contributed by atoms with Crippen LogP contribution in [0.15, 0.2) is 42.9 Å². The summed E-state index contributed by atoms with van der Waals surface area (Å²) in [6, 6.07) is 7.66. The molecule has 0 saturated carbocycles. The Morgan fingerprint density at radius 2 is 2.17 bits per heavy atom. The van der Waals surface area contributed by atoms with E-state index >= 15 is 0 Å². The van der Waals surface area contributed by atoms with Crippen LogP contribution in [0.1, 0.15) is 5.69 Å². The average molecular weight is 393 g/mol. The minimum atomic E-state index is -0.989. The van der Waals surface area contributed by atoms with Crippen LogP contribution in [-0.4, -0.2) is 62.4 Å². The first-order chi connectivity index (χ1) is 14.1. The number of rotatable bonds is 7. The van der Waals surface area contributed by atoms with Gasteiger partial charge in [0.15, 0.2) is 0 Å². The van der Waals surface area contributed by atoms with Crippen molar-refractivity contribution >= 4 is 28.9 Å². The number of amides is 1. The van der Waals surface area contributed by atoms with Crippen LogP contribution >= 0.6 is 0 Å². The Morgan fingerprint density at radius 1 is 1.31 bits per heavy atom. The van der Waals surface area contributed by atoms with E-state index in [0.29, 0.717) is 5.65 Å². The zero-order valence-electron chi connectivity index (χ0n) is 15.9. The summed E-state index contributed by atoms with van der Waals surface area (Å²) < 4.78 is 6.39. The quantitative estimate of drug-likeness (QED) is 0.355. The van der Waals surface area contributed by atoms with E-state index in [4.69, 9.17) is 4.74 Å². The summed E-state index contributed by atoms with van der Waals surface area (Å²) in [6.45, 7) is 0.492. The third-order valence-corrected chi connectivity index (χ3v) is 4.51. The first-order valence-corrected chi connectivity index (χ1v) is 8.87. The Hall–Kier alpha value is -3.79. The Morgan fingerprint density at radius 3 is 2.97 bits per heavy atom. The highest BCUT2D eigenvalue weighted by molar-refractivity contribution is 5.97. The first kappa shape index (κ1) is 18.6. The number of pyridine rings is 1. The third-order valence-electron chi connectivity index (χ3n) is 4.51. The zero-order valence-corrected chi connectivity index (χ0v) is 15.9. The van der Waals surface area contributed by atoms with Gasteiger partial charge in [0.05, 0.1) is 18.3 Å². The van der Waals surface area contributed by atoms with E-state index in [2.05, 4.69) is 25.5 Å². The first-order valence-electron chi connectivity index (χ1n) is 8.87. The Labute approximate surface area is 165 Å². The molecule has 0 aliphatic carbocycles. The van der Waals surface area contributed by atoms with Crippen LogP contribution in [0.2, 0.25) is 0 Å². The molecule has 29 heavy (non-hydrogen) atoms. The van der Waals surface area contributed by atoms with Crippen molar-refractivity contribution in [1.82, 2.24) is 35.0 Å². The molecule has 10 nitrogen and oxygen atoms in total. The van der Waals surface area contributed by atoms with E-state index in [-0.39, 0.29) is 13.0 Å². The standard InChI is InChI=1S/C19H19N7O3/c1-25(2)19(29-11-27)18(28)21-9-12-8-14-13(5-7-20-17(14)24-12)15-10-23-26-16(15)4-3-6-22-26/h3-8,10-11,19H,9H2,1-2H3,(H,20,24)(H,21,28). The molecule has 0 bridgehead atoms. The maximum Gasteiger partial charge on any atom is 0.295 e. The molecule has 4 aromatic rings. The average Bonchev–Trinajstić information content (AvgIpc) is 3.33. The lowest BCUT2D eigenvalue weighted by atomic mass is 10.1. The van der Waals surface area contributed by atoms with Crippen molar-refractivity contribution in [2.24, 2.45) is 0 Å². The summed E-state index contributed by atoms with van der Waals surface area (Å²) >= 11 is 0. The van der Waals surface area contributed by atoms with Gasteiger partial charge in [0.1, 0.15) is 5.65 Å². The van der Waals surface area contributed by atoms with Gasteiger partial charge in [-0.15, -0.1) is 0 Å². The van der Waals surface area contributed by atoms with Gasteiger partial charge in [-0.3, -0.25) is 14.5 Å². The fourth-order valence-electron chi connectivity index (χ4n) is 3.19. The molecule has 0 fully saturated rings. The van der Waals surface area contributed by atoms with Crippen molar-refractivity contribution < 1.29 is 14.3 Å². The van der Waals surface area contributed by atoms with Crippen molar-refractivity contribution in [1.29, 1.82) is 0 Å². The molecule has 1 unspecified atom stereocenters. The number of hydrogen-bond donors (Lipinski definition) is 2. The number of carbonyl (C=O) groups is 2.